The Morgan fingerprint density at radius 3 is 2.72 bits per heavy atom. The van der Waals surface area contributed by atoms with Crippen molar-refractivity contribution in [2.24, 2.45) is 0 Å². The fourth-order valence-corrected chi connectivity index (χ4v) is 5.16. The Hall–Kier alpha value is -0.430. The Balaban J connectivity index is 1.79. The van der Waals surface area contributed by atoms with E-state index in [0.717, 1.165) is 17.7 Å². The molecule has 4 nitrogen and oxygen atoms in total. The van der Waals surface area contributed by atoms with Gasteiger partial charge in [0.1, 0.15) is 0 Å². The maximum atomic E-state index is 12.5. The number of hydrogen-bond donors (Lipinski definition) is 1. The first-order chi connectivity index (χ1) is 8.68. The van der Waals surface area contributed by atoms with Crippen molar-refractivity contribution in [3.05, 3.63) is 16.3 Å². The van der Waals surface area contributed by atoms with Gasteiger partial charge < -0.3 is 5.32 Å². The molecule has 1 aromatic heterocycles. The van der Waals surface area contributed by atoms with Gasteiger partial charge >= 0.3 is 0 Å². The standard InChI is InChI=1S/C12H18N2O2S2/c15-18(16,14-6-1-2-7-14)12-5-8-17-11(12)9-13-10-3-4-10/h5,8,10,13H,1-4,6-7,9H2. The Bertz CT molecular complexity index is 514. The van der Waals surface area contributed by atoms with Crippen LogP contribution >= 0.6 is 11.3 Å². The zero-order chi connectivity index (χ0) is 12.6. The zero-order valence-corrected chi connectivity index (χ0v) is 11.9. The predicted molar refractivity (Wildman–Crippen MR) is 72.2 cm³/mol. The summed E-state index contributed by atoms with van der Waals surface area (Å²) < 4.78 is 26.6. The van der Waals surface area contributed by atoms with E-state index in [0.29, 0.717) is 30.6 Å². The number of sulfonamides is 1. The lowest BCUT2D eigenvalue weighted by Gasteiger charge is -2.15. The van der Waals surface area contributed by atoms with Crippen LogP contribution in [0.3, 0.4) is 0 Å². The average Bonchev–Trinajstić information content (AvgIpc) is 2.87. The van der Waals surface area contributed by atoms with Gasteiger partial charge in [-0.15, -0.1) is 11.3 Å². The first-order valence-corrected chi connectivity index (χ1v) is 8.80. The molecule has 1 saturated carbocycles. The zero-order valence-electron chi connectivity index (χ0n) is 10.3. The van der Waals surface area contributed by atoms with E-state index in [1.807, 2.05) is 5.38 Å². The van der Waals surface area contributed by atoms with Crippen LogP contribution in [0.25, 0.3) is 0 Å². The molecule has 1 saturated heterocycles. The van der Waals surface area contributed by atoms with E-state index in [2.05, 4.69) is 5.32 Å². The minimum Gasteiger partial charge on any atom is -0.309 e. The number of thiophene rings is 1. The molecule has 0 unspecified atom stereocenters. The Kier molecular flexibility index (Phi) is 3.44. The van der Waals surface area contributed by atoms with Crippen LogP contribution in [0.2, 0.25) is 0 Å². The van der Waals surface area contributed by atoms with E-state index < -0.39 is 10.0 Å². The molecule has 0 bridgehead atoms. The smallest absolute Gasteiger partial charge is 0.244 e. The molecule has 18 heavy (non-hydrogen) atoms. The fraction of sp³-hybridized carbons (Fsp3) is 0.667. The SMILES string of the molecule is O=S(=O)(c1ccsc1CNC1CC1)N1CCCC1. The lowest BCUT2D eigenvalue weighted by Crippen LogP contribution is -2.28. The maximum absolute atomic E-state index is 12.5. The van der Waals surface area contributed by atoms with E-state index in [9.17, 15) is 8.42 Å². The summed E-state index contributed by atoms with van der Waals surface area (Å²) in [6, 6.07) is 2.36. The highest BCUT2D eigenvalue weighted by molar-refractivity contribution is 7.89. The molecule has 2 fully saturated rings. The molecule has 3 rings (SSSR count). The van der Waals surface area contributed by atoms with Gasteiger partial charge in [0, 0.05) is 30.6 Å². The monoisotopic (exact) mass is 286 g/mol. The summed E-state index contributed by atoms with van der Waals surface area (Å²) in [4.78, 5) is 1.47. The molecule has 6 heteroatoms. The summed E-state index contributed by atoms with van der Waals surface area (Å²) >= 11 is 1.54. The Labute approximate surface area is 112 Å². The normalized spacial score (nSPS) is 21.6. The summed E-state index contributed by atoms with van der Waals surface area (Å²) in [5.74, 6) is 0. The number of hydrogen-bond acceptors (Lipinski definition) is 4. The van der Waals surface area contributed by atoms with Crippen LogP contribution < -0.4 is 5.32 Å². The molecule has 100 valence electrons. The first kappa shape index (κ1) is 12.6. The highest BCUT2D eigenvalue weighted by Crippen LogP contribution is 2.28. The second-order valence-corrected chi connectivity index (χ2v) is 7.88. The van der Waals surface area contributed by atoms with Crippen molar-refractivity contribution in [3.8, 4) is 0 Å². The number of rotatable bonds is 5. The number of nitrogens with one attached hydrogen (secondary N) is 1. The van der Waals surface area contributed by atoms with Crippen LogP contribution in [0.15, 0.2) is 16.3 Å². The molecule has 0 spiro atoms. The second-order valence-electron chi connectivity index (χ2n) is 4.97. The second kappa shape index (κ2) is 4.92. The van der Waals surface area contributed by atoms with Crippen LogP contribution in [-0.2, 0) is 16.6 Å². The summed E-state index contributed by atoms with van der Waals surface area (Å²) in [5, 5.41) is 5.27. The van der Waals surface area contributed by atoms with Gasteiger partial charge in [-0.3, -0.25) is 0 Å². The molecule has 0 aromatic carbocycles. The molecule has 0 atom stereocenters. The van der Waals surface area contributed by atoms with Crippen molar-refractivity contribution in [2.75, 3.05) is 13.1 Å². The quantitative estimate of drug-likeness (QED) is 0.897. The molecular weight excluding hydrogens is 268 g/mol. The molecule has 0 radical (unpaired) electrons. The molecule has 1 aliphatic heterocycles. The van der Waals surface area contributed by atoms with Gasteiger partial charge in [-0.2, -0.15) is 4.31 Å². The van der Waals surface area contributed by atoms with Crippen molar-refractivity contribution in [1.82, 2.24) is 9.62 Å². The van der Waals surface area contributed by atoms with Crippen LogP contribution in [0.5, 0.6) is 0 Å². The van der Waals surface area contributed by atoms with Crippen molar-refractivity contribution in [2.45, 2.75) is 43.2 Å². The predicted octanol–water partition coefficient (Wildman–Crippen LogP) is 1.78. The van der Waals surface area contributed by atoms with Gasteiger partial charge in [-0.1, -0.05) is 0 Å². The van der Waals surface area contributed by atoms with E-state index in [-0.39, 0.29) is 0 Å². The molecule has 1 aliphatic carbocycles. The molecule has 0 amide bonds. The topological polar surface area (TPSA) is 49.4 Å². The van der Waals surface area contributed by atoms with Crippen molar-refractivity contribution < 1.29 is 8.42 Å². The van der Waals surface area contributed by atoms with Gasteiger partial charge in [0.05, 0.1) is 4.90 Å². The Morgan fingerprint density at radius 2 is 2.06 bits per heavy atom. The van der Waals surface area contributed by atoms with Crippen molar-refractivity contribution >= 4 is 21.4 Å². The lowest BCUT2D eigenvalue weighted by atomic mass is 10.4. The van der Waals surface area contributed by atoms with Crippen LogP contribution in [-0.4, -0.2) is 31.9 Å². The largest absolute Gasteiger partial charge is 0.309 e. The maximum Gasteiger partial charge on any atom is 0.244 e. The minimum atomic E-state index is -3.25. The summed E-state index contributed by atoms with van der Waals surface area (Å²) in [6.45, 7) is 2.03. The molecule has 2 heterocycles. The summed E-state index contributed by atoms with van der Waals surface area (Å²) in [7, 11) is -3.25. The average molecular weight is 286 g/mol. The summed E-state index contributed by atoms with van der Waals surface area (Å²) in [5.41, 5.74) is 0. The van der Waals surface area contributed by atoms with E-state index in [4.69, 9.17) is 0 Å². The van der Waals surface area contributed by atoms with E-state index >= 15 is 0 Å². The van der Waals surface area contributed by atoms with E-state index in [1.54, 1.807) is 10.4 Å². The third-order valence-corrected chi connectivity index (χ3v) is 6.55. The van der Waals surface area contributed by atoms with Crippen LogP contribution in [0.1, 0.15) is 30.6 Å². The Morgan fingerprint density at radius 1 is 1.33 bits per heavy atom. The first-order valence-electron chi connectivity index (χ1n) is 6.48. The van der Waals surface area contributed by atoms with Crippen molar-refractivity contribution in [3.63, 3.8) is 0 Å². The lowest BCUT2D eigenvalue weighted by molar-refractivity contribution is 0.476. The number of nitrogens with zero attached hydrogens (tertiary/aromatic N) is 1. The third kappa shape index (κ3) is 2.47. The molecule has 1 aromatic rings. The fourth-order valence-electron chi connectivity index (χ4n) is 2.28. The van der Waals surface area contributed by atoms with Crippen LogP contribution in [0, 0.1) is 0 Å². The minimum absolute atomic E-state index is 0.516. The third-order valence-electron chi connectivity index (χ3n) is 3.52. The molecule has 1 N–H and O–H groups in total. The van der Waals surface area contributed by atoms with Gasteiger partial charge in [-0.05, 0) is 37.1 Å². The summed E-state index contributed by atoms with van der Waals surface area (Å²) in [6.07, 6.45) is 4.41. The van der Waals surface area contributed by atoms with Gasteiger partial charge in [0.15, 0.2) is 0 Å². The highest BCUT2D eigenvalue weighted by atomic mass is 32.2. The van der Waals surface area contributed by atoms with Gasteiger partial charge in [0.2, 0.25) is 10.0 Å². The van der Waals surface area contributed by atoms with Crippen molar-refractivity contribution in [1.29, 1.82) is 0 Å². The molecule has 2 aliphatic rings. The van der Waals surface area contributed by atoms with E-state index in [1.165, 1.54) is 24.2 Å². The molecular formula is C12H18N2O2S2. The van der Waals surface area contributed by atoms with Gasteiger partial charge in [-0.25, -0.2) is 8.42 Å². The van der Waals surface area contributed by atoms with Crippen LogP contribution in [0.4, 0.5) is 0 Å². The highest BCUT2D eigenvalue weighted by Gasteiger charge is 2.30. The van der Waals surface area contributed by atoms with Gasteiger partial charge in [0.25, 0.3) is 0 Å².